The van der Waals surface area contributed by atoms with Crippen LogP contribution < -0.4 is 0 Å². The zero-order chi connectivity index (χ0) is 10.7. The van der Waals surface area contributed by atoms with Crippen molar-refractivity contribution >= 4 is 15.9 Å². The van der Waals surface area contributed by atoms with Crippen molar-refractivity contribution in [3.8, 4) is 0 Å². The summed E-state index contributed by atoms with van der Waals surface area (Å²) in [6.07, 6.45) is 2.46. The van der Waals surface area contributed by atoms with Crippen LogP contribution in [0, 0.1) is 19.8 Å². The summed E-state index contributed by atoms with van der Waals surface area (Å²) in [5.74, 6) is 0.779. The summed E-state index contributed by atoms with van der Waals surface area (Å²) < 4.78 is 1.24. The first-order chi connectivity index (χ1) is 6.56. The molecular weight excluding hydrogens is 236 g/mol. The van der Waals surface area contributed by atoms with Crippen LogP contribution in [0.2, 0.25) is 0 Å². The lowest BCUT2D eigenvalue weighted by molar-refractivity contribution is 0.557. The summed E-state index contributed by atoms with van der Waals surface area (Å²) >= 11 is 3.59. The van der Waals surface area contributed by atoms with E-state index in [1.807, 2.05) is 0 Å². The Hall–Kier alpha value is -0.300. The van der Waals surface area contributed by atoms with Crippen LogP contribution in [0.15, 0.2) is 16.6 Å². The van der Waals surface area contributed by atoms with Crippen LogP contribution in [0.5, 0.6) is 0 Å². The van der Waals surface area contributed by atoms with E-state index in [2.05, 4.69) is 55.8 Å². The lowest BCUT2D eigenvalue weighted by atomic mass is 9.92. The molecule has 0 aliphatic rings. The van der Waals surface area contributed by atoms with Crippen LogP contribution in [0.4, 0.5) is 0 Å². The molecule has 1 unspecified atom stereocenters. The van der Waals surface area contributed by atoms with Crippen molar-refractivity contribution in [2.45, 2.75) is 40.5 Å². The topological polar surface area (TPSA) is 0 Å². The number of aryl methyl sites for hydroxylation is 1. The predicted molar refractivity (Wildman–Crippen MR) is 66.8 cm³/mol. The van der Waals surface area contributed by atoms with Crippen molar-refractivity contribution < 1.29 is 0 Å². The molecule has 0 saturated carbocycles. The summed E-state index contributed by atoms with van der Waals surface area (Å²) in [6, 6.07) is 4.35. The van der Waals surface area contributed by atoms with Gasteiger partial charge in [-0.1, -0.05) is 42.3 Å². The van der Waals surface area contributed by atoms with Gasteiger partial charge in [0.15, 0.2) is 0 Å². The van der Waals surface area contributed by atoms with Crippen molar-refractivity contribution in [2.24, 2.45) is 5.92 Å². The molecule has 0 aliphatic carbocycles. The van der Waals surface area contributed by atoms with Gasteiger partial charge < -0.3 is 0 Å². The smallest absolute Gasteiger partial charge is 0.0207 e. The van der Waals surface area contributed by atoms with Crippen LogP contribution in [-0.4, -0.2) is 0 Å². The minimum absolute atomic E-state index is 0.779. The number of halogens is 1. The molecule has 0 spiro atoms. The molecular formula is C13H19Br. The van der Waals surface area contributed by atoms with Crippen LogP contribution in [0.1, 0.15) is 37.0 Å². The first-order valence-electron chi connectivity index (χ1n) is 5.30. The summed E-state index contributed by atoms with van der Waals surface area (Å²) in [7, 11) is 0. The molecule has 0 amide bonds. The largest absolute Gasteiger partial charge is 0.0651 e. The van der Waals surface area contributed by atoms with Crippen LogP contribution in [0.25, 0.3) is 0 Å². The van der Waals surface area contributed by atoms with Gasteiger partial charge in [0.25, 0.3) is 0 Å². The van der Waals surface area contributed by atoms with Gasteiger partial charge in [0.1, 0.15) is 0 Å². The van der Waals surface area contributed by atoms with E-state index in [1.54, 1.807) is 0 Å². The zero-order valence-corrected chi connectivity index (χ0v) is 11.1. The summed E-state index contributed by atoms with van der Waals surface area (Å²) in [6.45, 7) is 8.99. The van der Waals surface area contributed by atoms with E-state index in [0.29, 0.717) is 0 Å². The van der Waals surface area contributed by atoms with Gasteiger partial charge in [-0.05, 0) is 48.9 Å². The summed E-state index contributed by atoms with van der Waals surface area (Å²) in [5.41, 5.74) is 4.35. The second-order valence-electron chi connectivity index (χ2n) is 4.19. The molecule has 0 saturated heterocycles. The Morgan fingerprint density at radius 1 is 1.29 bits per heavy atom. The molecule has 0 N–H and O–H groups in total. The Bertz CT molecular complexity index is 315. The van der Waals surface area contributed by atoms with Crippen molar-refractivity contribution in [3.05, 3.63) is 33.3 Å². The van der Waals surface area contributed by atoms with Gasteiger partial charge in [-0.2, -0.15) is 0 Å². The van der Waals surface area contributed by atoms with Gasteiger partial charge in [0, 0.05) is 4.47 Å². The molecule has 0 radical (unpaired) electrons. The van der Waals surface area contributed by atoms with E-state index in [1.165, 1.54) is 34.0 Å². The quantitative estimate of drug-likeness (QED) is 0.737. The molecule has 1 rings (SSSR count). The Kier molecular flexibility index (Phi) is 4.18. The van der Waals surface area contributed by atoms with Crippen LogP contribution in [-0.2, 0) is 6.42 Å². The molecule has 1 aromatic carbocycles. The van der Waals surface area contributed by atoms with Gasteiger partial charge >= 0.3 is 0 Å². The highest BCUT2D eigenvalue weighted by molar-refractivity contribution is 9.10. The van der Waals surface area contributed by atoms with E-state index in [0.717, 1.165) is 5.92 Å². The first-order valence-corrected chi connectivity index (χ1v) is 6.10. The molecule has 1 heteroatoms. The number of hydrogen-bond acceptors (Lipinski definition) is 0. The third-order valence-corrected chi connectivity index (χ3v) is 3.88. The Morgan fingerprint density at radius 2 is 1.93 bits per heavy atom. The minimum atomic E-state index is 0.779. The van der Waals surface area contributed by atoms with Crippen molar-refractivity contribution in [3.63, 3.8) is 0 Å². The Labute approximate surface area is 95.9 Å². The molecule has 1 atom stereocenters. The number of benzene rings is 1. The standard InChI is InChI=1S/C13H19Br/c1-5-9(2)8-12-10(3)6-7-13(14)11(12)4/h6-7,9H,5,8H2,1-4H3. The number of hydrogen-bond donors (Lipinski definition) is 0. The second-order valence-corrected chi connectivity index (χ2v) is 5.04. The molecule has 0 fully saturated rings. The Balaban J connectivity index is 3.00. The van der Waals surface area contributed by atoms with Crippen LogP contribution in [0.3, 0.4) is 0 Å². The van der Waals surface area contributed by atoms with Crippen molar-refractivity contribution in [1.29, 1.82) is 0 Å². The first kappa shape index (κ1) is 11.8. The average molecular weight is 255 g/mol. The highest BCUT2D eigenvalue weighted by Crippen LogP contribution is 2.25. The maximum Gasteiger partial charge on any atom is 0.0207 e. The SMILES string of the molecule is CCC(C)Cc1c(C)ccc(Br)c1C. The fraction of sp³-hybridized carbons (Fsp3) is 0.538. The van der Waals surface area contributed by atoms with Gasteiger partial charge in [-0.3, -0.25) is 0 Å². The highest BCUT2D eigenvalue weighted by atomic mass is 79.9. The van der Waals surface area contributed by atoms with Gasteiger partial charge in [0.2, 0.25) is 0 Å². The monoisotopic (exact) mass is 254 g/mol. The maximum atomic E-state index is 3.59. The molecule has 0 aliphatic heterocycles. The minimum Gasteiger partial charge on any atom is -0.0651 e. The molecule has 14 heavy (non-hydrogen) atoms. The third-order valence-electron chi connectivity index (χ3n) is 3.02. The number of rotatable bonds is 3. The molecule has 78 valence electrons. The van der Waals surface area contributed by atoms with E-state index in [4.69, 9.17) is 0 Å². The molecule has 0 nitrogen and oxygen atoms in total. The van der Waals surface area contributed by atoms with Gasteiger partial charge in [0.05, 0.1) is 0 Å². The molecule has 1 aromatic rings. The lowest BCUT2D eigenvalue weighted by Crippen LogP contribution is -2.02. The third kappa shape index (κ3) is 2.60. The van der Waals surface area contributed by atoms with Gasteiger partial charge in [-0.25, -0.2) is 0 Å². The summed E-state index contributed by atoms with van der Waals surface area (Å²) in [5, 5.41) is 0. The molecule has 0 heterocycles. The van der Waals surface area contributed by atoms with E-state index in [-0.39, 0.29) is 0 Å². The normalized spacial score (nSPS) is 12.9. The van der Waals surface area contributed by atoms with E-state index in [9.17, 15) is 0 Å². The fourth-order valence-electron chi connectivity index (χ4n) is 1.67. The fourth-order valence-corrected chi connectivity index (χ4v) is 2.04. The maximum absolute atomic E-state index is 3.59. The van der Waals surface area contributed by atoms with Crippen molar-refractivity contribution in [2.75, 3.05) is 0 Å². The zero-order valence-electron chi connectivity index (χ0n) is 9.52. The van der Waals surface area contributed by atoms with Crippen molar-refractivity contribution in [1.82, 2.24) is 0 Å². The molecule has 0 bridgehead atoms. The predicted octanol–water partition coefficient (Wildman–Crippen LogP) is 4.65. The van der Waals surface area contributed by atoms with Gasteiger partial charge in [-0.15, -0.1) is 0 Å². The Morgan fingerprint density at radius 3 is 2.50 bits per heavy atom. The highest BCUT2D eigenvalue weighted by Gasteiger charge is 2.08. The second kappa shape index (κ2) is 4.97. The average Bonchev–Trinajstić information content (AvgIpc) is 2.18. The van der Waals surface area contributed by atoms with E-state index >= 15 is 0 Å². The molecule has 0 aromatic heterocycles. The van der Waals surface area contributed by atoms with E-state index < -0.39 is 0 Å². The summed E-state index contributed by atoms with van der Waals surface area (Å²) in [4.78, 5) is 0. The lowest BCUT2D eigenvalue weighted by Gasteiger charge is -2.15. The van der Waals surface area contributed by atoms with Crippen LogP contribution >= 0.6 is 15.9 Å².